The zero-order valence-corrected chi connectivity index (χ0v) is 8.57. The number of aliphatic imine (C=N–C) groups is 1. The van der Waals surface area contributed by atoms with E-state index >= 15 is 0 Å². The molecule has 0 aliphatic rings. The first-order valence-electron chi connectivity index (χ1n) is 4.40. The Morgan fingerprint density at radius 3 is 2.79 bits per heavy atom. The molecule has 1 atom stereocenters. The summed E-state index contributed by atoms with van der Waals surface area (Å²) in [6, 6.07) is 5.61. The fourth-order valence-electron chi connectivity index (χ4n) is 1.25. The summed E-state index contributed by atoms with van der Waals surface area (Å²) in [6.07, 6.45) is 1.55. The Morgan fingerprint density at radius 1 is 1.50 bits per heavy atom. The lowest BCUT2D eigenvalue weighted by Gasteiger charge is -2.09. The van der Waals surface area contributed by atoms with Crippen molar-refractivity contribution in [3.05, 3.63) is 29.3 Å². The molecular formula is C11H13NO2. The Hall–Kier alpha value is -1.60. The minimum absolute atomic E-state index is 0.165. The van der Waals surface area contributed by atoms with Crippen molar-refractivity contribution < 1.29 is 9.53 Å². The maximum atomic E-state index is 10.1. The van der Waals surface area contributed by atoms with E-state index in [1.54, 1.807) is 13.2 Å². The molecule has 0 saturated carbocycles. The van der Waals surface area contributed by atoms with Crippen LogP contribution in [0.2, 0.25) is 0 Å². The van der Waals surface area contributed by atoms with E-state index in [1.165, 1.54) is 0 Å². The summed E-state index contributed by atoms with van der Waals surface area (Å²) in [5.74, 6) is 0.815. The summed E-state index contributed by atoms with van der Waals surface area (Å²) in [6.45, 7) is 3.81. The van der Waals surface area contributed by atoms with Crippen molar-refractivity contribution in [2.45, 2.75) is 19.9 Å². The van der Waals surface area contributed by atoms with Crippen LogP contribution >= 0.6 is 0 Å². The van der Waals surface area contributed by atoms with Crippen molar-refractivity contribution in [1.29, 1.82) is 0 Å². The van der Waals surface area contributed by atoms with Crippen LogP contribution in [0.5, 0.6) is 5.75 Å². The molecule has 0 fully saturated rings. The van der Waals surface area contributed by atoms with Crippen LogP contribution in [0.15, 0.2) is 23.2 Å². The van der Waals surface area contributed by atoms with Gasteiger partial charge < -0.3 is 4.74 Å². The molecule has 0 amide bonds. The molecule has 0 N–H and O–H groups in total. The van der Waals surface area contributed by atoms with Gasteiger partial charge in [0.15, 0.2) is 0 Å². The summed E-state index contributed by atoms with van der Waals surface area (Å²) in [5, 5.41) is 0. The molecule has 3 heteroatoms. The van der Waals surface area contributed by atoms with Gasteiger partial charge in [-0.05, 0) is 31.0 Å². The van der Waals surface area contributed by atoms with Gasteiger partial charge >= 0.3 is 0 Å². The van der Waals surface area contributed by atoms with E-state index in [-0.39, 0.29) is 6.04 Å². The van der Waals surface area contributed by atoms with E-state index in [4.69, 9.17) is 4.74 Å². The fraction of sp³-hybridized carbons (Fsp3) is 0.364. The summed E-state index contributed by atoms with van der Waals surface area (Å²) in [5.41, 5.74) is 2.02. The van der Waals surface area contributed by atoms with E-state index in [9.17, 15) is 4.79 Å². The predicted molar refractivity (Wildman–Crippen MR) is 54.3 cm³/mol. The van der Waals surface area contributed by atoms with E-state index in [0.29, 0.717) is 0 Å². The van der Waals surface area contributed by atoms with Crippen molar-refractivity contribution >= 4 is 6.08 Å². The van der Waals surface area contributed by atoms with Crippen LogP contribution in [0.3, 0.4) is 0 Å². The van der Waals surface area contributed by atoms with Crippen molar-refractivity contribution in [1.82, 2.24) is 0 Å². The van der Waals surface area contributed by atoms with E-state index in [1.807, 2.05) is 32.0 Å². The van der Waals surface area contributed by atoms with E-state index in [0.717, 1.165) is 16.9 Å². The smallest absolute Gasteiger partial charge is 0.235 e. The number of hydrogen-bond donors (Lipinski definition) is 0. The van der Waals surface area contributed by atoms with E-state index in [2.05, 4.69) is 4.99 Å². The highest BCUT2D eigenvalue weighted by Gasteiger charge is 2.06. The Morgan fingerprint density at radius 2 is 2.21 bits per heavy atom. The molecule has 1 aromatic rings. The highest BCUT2D eigenvalue weighted by Crippen LogP contribution is 2.24. The lowest BCUT2D eigenvalue weighted by Crippen LogP contribution is -1.93. The van der Waals surface area contributed by atoms with Crippen LogP contribution in [-0.2, 0) is 4.79 Å². The molecule has 0 aromatic heterocycles. The number of aryl methyl sites for hydroxylation is 1. The number of carbonyl (C=O) groups excluding carboxylic acids is 1. The maximum absolute atomic E-state index is 10.1. The third-order valence-electron chi connectivity index (χ3n) is 2.16. The first-order valence-corrected chi connectivity index (χ1v) is 4.40. The van der Waals surface area contributed by atoms with Crippen LogP contribution in [0, 0.1) is 6.92 Å². The van der Waals surface area contributed by atoms with Crippen LogP contribution in [0.25, 0.3) is 0 Å². The Kier molecular flexibility index (Phi) is 3.43. The molecule has 0 saturated heterocycles. The van der Waals surface area contributed by atoms with Gasteiger partial charge in [0.2, 0.25) is 6.08 Å². The molecule has 0 radical (unpaired) electrons. The number of hydrogen-bond acceptors (Lipinski definition) is 3. The number of isocyanates is 1. The van der Waals surface area contributed by atoms with Gasteiger partial charge in [-0.2, -0.15) is 4.99 Å². The van der Waals surface area contributed by atoms with Crippen LogP contribution in [0.4, 0.5) is 0 Å². The van der Waals surface area contributed by atoms with Crippen molar-refractivity contribution in [2.24, 2.45) is 4.99 Å². The van der Waals surface area contributed by atoms with Gasteiger partial charge in [0.1, 0.15) is 5.75 Å². The van der Waals surface area contributed by atoms with Crippen LogP contribution < -0.4 is 4.74 Å². The SMILES string of the molecule is COc1cc(C(C)N=C=O)ccc1C. The largest absolute Gasteiger partial charge is 0.496 e. The van der Waals surface area contributed by atoms with E-state index < -0.39 is 0 Å². The summed E-state index contributed by atoms with van der Waals surface area (Å²) in [7, 11) is 1.62. The molecular weight excluding hydrogens is 178 g/mol. The zero-order valence-electron chi connectivity index (χ0n) is 8.57. The van der Waals surface area contributed by atoms with Gasteiger partial charge in [0.25, 0.3) is 0 Å². The molecule has 0 heterocycles. The topological polar surface area (TPSA) is 38.7 Å². The zero-order chi connectivity index (χ0) is 10.6. The first kappa shape index (κ1) is 10.5. The minimum Gasteiger partial charge on any atom is -0.496 e. The quantitative estimate of drug-likeness (QED) is 0.543. The highest BCUT2D eigenvalue weighted by atomic mass is 16.5. The van der Waals surface area contributed by atoms with Gasteiger partial charge in [0, 0.05) is 0 Å². The average molecular weight is 191 g/mol. The predicted octanol–water partition coefficient (Wildman–Crippen LogP) is 2.40. The molecule has 14 heavy (non-hydrogen) atoms. The lowest BCUT2D eigenvalue weighted by molar-refractivity contribution is 0.411. The second kappa shape index (κ2) is 4.58. The summed E-state index contributed by atoms with van der Waals surface area (Å²) in [4.78, 5) is 13.7. The van der Waals surface area contributed by atoms with Gasteiger partial charge in [-0.1, -0.05) is 12.1 Å². The standard InChI is InChI=1S/C11H13NO2/c1-8-4-5-10(6-11(8)14-3)9(2)12-7-13/h4-6,9H,1-3H3. The number of ether oxygens (including phenoxy) is 1. The van der Waals surface area contributed by atoms with Gasteiger partial charge in [0.05, 0.1) is 13.2 Å². The first-order chi connectivity index (χ1) is 6.69. The summed E-state index contributed by atoms with van der Waals surface area (Å²) < 4.78 is 5.17. The fourth-order valence-corrected chi connectivity index (χ4v) is 1.25. The summed E-state index contributed by atoms with van der Waals surface area (Å²) >= 11 is 0. The van der Waals surface area contributed by atoms with Crippen LogP contribution in [0.1, 0.15) is 24.1 Å². The lowest BCUT2D eigenvalue weighted by atomic mass is 10.1. The third-order valence-corrected chi connectivity index (χ3v) is 2.16. The third kappa shape index (κ3) is 2.21. The molecule has 0 bridgehead atoms. The normalized spacial score (nSPS) is 11.6. The average Bonchev–Trinajstić information content (AvgIpc) is 2.19. The Bertz CT molecular complexity index is 368. The minimum atomic E-state index is -0.165. The molecule has 1 unspecified atom stereocenters. The second-order valence-electron chi connectivity index (χ2n) is 3.13. The molecule has 0 spiro atoms. The van der Waals surface area contributed by atoms with Gasteiger partial charge in [-0.25, -0.2) is 4.79 Å². The monoisotopic (exact) mass is 191 g/mol. The molecule has 3 nitrogen and oxygen atoms in total. The number of methoxy groups -OCH3 is 1. The molecule has 0 aliphatic carbocycles. The van der Waals surface area contributed by atoms with Crippen molar-refractivity contribution in [3.63, 3.8) is 0 Å². The highest BCUT2D eigenvalue weighted by molar-refractivity contribution is 5.40. The Labute approximate surface area is 83.4 Å². The molecule has 1 rings (SSSR count). The van der Waals surface area contributed by atoms with Gasteiger partial charge in [-0.3, -0.25) is 0 Å². The van der Waals surface area contributed by atoms with Crippen molar-refractivity contribution in [2.75, 3.05) is 7.11 Å². The molecule has 74 valence electrons. The second-order valence-corrected chi connectivity index (χ2v) is 3.13. The number of nitrogens with zero attached hydrogens (tertiary/aromatic N) is 1. The van der Waals surface area contributed by atoms with Crippen LogP contribution in [-0.4, -0.2) is 13.2 Å². The number of benzene rings is 1. The molecule has 1 aromatic carbocycles. The van der Waals surface area contributed by atoms with Crippen molar-refractivity contribution in [3.8, 4) is 5.75 Å². The number of rotatable bonds is 3. The van der Waals surface area contributed by atoms with Gasteiger partial charge in [-0.15, -0.1) is 0 Å². The Balaban J connectivity index is 3.05. The molecule has 0 aliphatic heterocycles. The maximum Gasteiger partial charge on any atom is 0.235 e.